The largest absolute Gasteiger partial charge is 0.355 e. The van der Waals surface area contributed by atoms with E-state index in [1.54, 1.807) is 0 Å². The molecule has 20 heavy (non-hydrogen) atoms. The minimum atomic E-state index is 0.114. The zero-order chi connectivity index (χ0) is 14.2. The van der Waals surface area contributed by atoms with E-state index in [4.69, 9.17) is 0 Å². The van der Waals surface area contributed by atoms with Gasteiger partial charge in [-0.25, -0.2) is 0 Å². The molecule has 0 unspecified atom stereocenters. The molecule has 0 spiro atoms. The van der Waals surface area contributed by atoms with Crippen molar-refractivity contribution < 1.29 is 4.79 Å². The molecule has 1 aliphatic rings. The van der Waals surface area contributed by atoms with Crippen molar-refractivity contribution in [2.75, 3.05) is 26.7 Å². The standard InChI is InChI=1S/C16H25N3O/c1-19(13-14-6-3-2-4-7-14)11-5-10-17-16(20)12-18-15-8-9-15/h2-4,6-7,15,18H,5,8-13H2,1H3,(H,17,20). The molecule has 1 amide bonds. The minimum Gasteiger partial charge on any atom is -0.355 e. The summed E-state index contributed by atoms with van der Waals surface area (Å²) in [5.74, 6) is 0.114. The Labute approximate surface area is 121 Å². The Morgan fingerprint density at radius 1 is 1.30 bits per heavy atom. The molecule has 1 fully saturated rings. The van der Waals surface area contributed by atoms with Gasteiger partial charge in [-0.3, -0.25) is 4.79 Å². The third kappa shape index (κ3) is 6.17. The lowest BCUT2D eigenvalue weighted by molar-refractivity contribution is -0.120. The van der Waals surface area contributed by atoms with Crippen molar-refractivity contribution in [3.8, 4) is 0 Å². The monoisotopic (exact) mass is 275 g/mol. The first-order valence-corrected chi connectivity index (χ1v) is 7.46. The van der Waals surface area contributed by atoms with E-state index in [0.717, 1.165) is 26.1 Å². The maximum absolute atomic E-state index is 11.5. The van der Waals surface area contributed by atoms with E-state index in [9.17, 15) is 4.79 Å². The van der Waals surface area contributed by atoms with Crippen LogP contribution in [-0.2, 0) is 11.3 Å². The summed E-state index contributed by atoms with van der Waals surface area (Å²) in [5, 5.41) is 6.17. The second kappa shape index (κ2) is 8.02. The van der Waals surface area contributed by atoms with E-state index in [1.807, 2.05) is 6.07 Å². The van der Waals surface area contributed by atoms with E-state index in [1.165, 1.54) is 18.4 Å². The lowest BCUT2D eigenvalue weighted by Gasteiger charge is -2.16. The molecule has 2 rings (SSSR count). The van der Waals surface area contributed by atoms with Crippen molar-refractivity contribution in [3.63, 3.8) is 0 Å². The van der Waals surface area contributed by atoms with Crippen LogP contribution in [0, 0.1) is 0 Å². The molecule has 0 bridgehead atoms. The summed E-state index contributed by atoms with van der Waals surface area (Å²) in [5.41, 5.74) is 1.33. The molecule has 1 aromatic rings. The zero-order valence-electron chi connectivity index (χ0n) is 12.3. The van der Waals surface area contributed by atoms with Crippen LogP contribution in [0.5, 0.6) is 0 Å². The van der Waals surface area contributed by atoms with Gasteiger partial charge in [0.25, 0.3) is 0 Å². The highest BCUT2D eigenvalue weighted by Crippen LogP contribution is 2.17. The molecule has 0 atom stereocenters. The smallest absolute Gasteiger partial charge is 0.233 e. The van der Waals surface area contributed by atoms with E-state index >= 15 is 0 Å². The molecule has 4 heteroatoms. The van der Waals surface area contributed by atoms with Gasteiger partial charge >= 0.3 is 0 Å². The molecule has 4 nitrogen and oxygen atoms in total. The van der Waals surface area contributed by atoms with Gasteiger partial charge in [-0.05, 0) is 38.4 Å². The molecule has 1 aliphatic carbocycles. The normalized spacial score (nSPS) is 14.5. The lowest BCUT2D eigenvalue weighted by Crippen LogP contribution is -2.36. The number of hydrogen-bond acceptors (Lipinski definition) is 3. The van der Waals surface area contributed by atoms with E-state index in [-0.39, 0.29) is 5.91 Å². The number of amides is 1. The van der Waals surface area contributed by atoms with Gasteiger partial charge in [0, 0.05) is 19.1 Å². The summed E-state index contributed by atoms with van der Waals surface area (Å²) in [4.78, 5) is 13.8. The van der Waals surface area contributed by atoms with Crippen molar-refractivity contribution in [2.45, 2.75) is 31.8 Å². The van der Waals surface area contributed by atoms with Crippen LogP contribution in [0.15, 0.2) is 30.3 Å². The SMILES string of the molecule is CN(CCCNC(=O)CNC1CC1)Cc1ccccc1. The summed E-state index contributed by atoms with van der Waals surface area (Å²) in [7, 11) is 2.11. The van der Waals surface area contributed by atoms with Crippen LogP contribution >= 0.6 is 0 Å². The van der Waals surface area contributed by atoms with Crippen LogP contribution in [0.4, 0.5) is 0 Å². The fraction of sp³-hybridized carbons (Fsp3) is 0.562. The number of carbonyl (C=O) groups excluding carboxylic acids is 1. The molecule has 0 heterocycles. The number of nitrogens with one attached hydrogen (secondary N) is 2. The predicted octanol–water partition coefficient (Wildman–Crippen LogP) is 1.38. The Morgan fingerprint density at radius 2 is 2.05 bits per heavy atom. The topological polar surface area (TPSA) is 44.4 Å². The Balaban J connectivity index is 1.50. The van der Waals surface area contributed by atoms with Gasteiger partial charge in [-0.15, -0.1) is 0 Å². The summed E-state index contributed by atoms with van der Waals surface area (Å²) < 4.78 is 0. The third-order valence-electron chi connectivity index (χ3n) is 3.46. The van der Waals surface area contributed by atoms with Crippen LogP contribution in [-0.4, -0.2) is 43.5 Å². The van der Waals surface area contributed by atoms with Gasteiger partial charge in [-0.2, -0.15) is 0 Å². The average molecular weight is 275 g/mol. The Bertz CT molecular complexity index is 403. The number of hydrogen-bond donors (Lipinski definition) is 2. The number of nitrogens with zero attached hydrogens (tertiary/aromatic N) is 1. The third-order valence-corrected chi connectivity index (χ3v) is 3.46. The zero-order valence-corrected chi connectivity index (χ0v) is 12.3. The van der Waals surface area contributed by atoms with Crippen molar-refractivity contribution in [1.82, 2.24) is 15.5 Å². The molecular formula is C16H25N3O. The highest BCUT2D eigenvalue weighted by atomic mass is 16.1. The lowest BCUT2D eigenvalue weighted by atomic mass is 10.2. The van der Waals surface area contributed by atoms with E-state index in [2.05, 4.69) is 46.8 Å². The number of carbonyl (C=O) groups is 1. The fourth-order valence-corrected chi connectivity index (χ4v) is 2.14. The number of rotatable bonds is 9. The van der Waals surface area contributed by atoms with E-state index in [0.29, 0.717) is 12.6 Å². The van der Waals surface area contributed by atoms with Gasteiger partial charge in [0.2, 0.25) is 5.91 Å². The summed E-state index contributed by atoms with van der Waals surface area (Å²) >= 11 is 0. The second-order valence-electron chi connectivity index (χ2n) is 5.58. The van der Waals surface area contributed by atoms with Crippen molar-refractivity contribution in [2.24, 2.45) is 0 Å². The first-order valence-electron chi connectivity index (χ1n) is 7.46. The van der Waals surface area contributed by atoms with Crippen LogP contribution in [0.2, 0.25) is 0 Å². The van der Waals surface area contributed by atoms with Gasteiger partial charge in [-0.1, -0.05) is 30.3 Å². The quantitative estimate of drug-likeness (QED) is 0.669. The van der Waals surface area contributed by atoms with Crippen LogP contribution in [0.3, 0.4) is 0 Å². The second-order valence-corrected chi connectivity index (χ2v) is 5.58. The molecule has 2 N–H and O–H groups in total. The molecular weight excluding hydrogens is 250 g/mol. The van der Waals surface area contributed by atoms with Gasteiger partial charge < -0.3 is 15.5 Å². The first kappa shape index (κ1) is 15.0. The molecule has 0 aliphatic heterocycles. The Hall–Kier alpha value is -1.39. The Kier molecular flexibility index (Phi) is 6.02. The average Bonchev–Trinajstić information content (AvgIpc) is 3.27. The van der Waals surface area contributed by atoms with E-state index < -0.39 is 0 Å². The Morgan fingerprint density at radius 3 is 2.75 bits per heavy atom. The summed E-state index contributed by atoms with van der Waals surface area (Å²) in [6.45, 7) is 3.16. The molecule has 1 saturated carbocycles. The molecule has 1 aromatic carbocycles. The highest BCUT2D eigenvalue weighted by molar-refractivity contribution is 5.78. The predicted molar refractivity (Wildman–Crippen MR) is 81.4 cm³/mol. The van der Waals surface area contributed by atoms with Gasteiger partial charge in [0.05, 0.1) is 6.54 Å². The van der Waals surface area contributed by atoms with Gasteiger partial charge in [0.1, 0.15) is 0 Å². The molecule has 0 saturated heterocycles. The molecule has 0 radical (unpaired) electrons. The van der Waals surface area contributed by atoms with Gasteiger partial charge in [0.15, 0.2) is 0 Å². The maximum Gasteiger partial charge on any atom is 0.233 e. The summed E-state index contributed by atoms with van der Waals surface area (Å²) in [6, 6.07) is 11.0. The first-order chi connectivity index (χ1) is 9.74. The summed E-state index contributed by atoms with van der Waals surface area (Å²) in [6.07, 6.45) is 3.42. The molecule has 110 valence electrons. The van der Waals surface area contributed by atoms with Crippen LogP contribution in [0.25, 0.3) is 0 Å². The van der Waals surface area contributed by atoms with Crippen molar-refractivity contribution in [3.05, 3.63) is 35.9 Å². The number of benzene rings is 1. The highest BCUT2D eigenvalue weighted by Gasteiger charge is 2.20. The van der Waals surface area contributed by atoms with Crippen molar-refractivity contribution >= 4 is 5.91 Å². The minimum absolute atomic E-state index is 0.114. The maximum atomic E-state index is 11.5. The van der Waals surface area contributed by atoms with Crippen molar-refractivity contribution in [1.29, 1.82) is 0 Å². The molecule has 0 aromatic heterocycles. The fourth-order valence-electron chi connectivity index (χ4n) is 2.14. The van der Waals surface area contributed by atoms with Crippen LogP contribution in [0.1, 0.15) is 24.8 Å². The van der Waals surface area contributed by atoms with Crippen LogP contribution < -0.4 is 10.6 Å².